The van der Waals surface area contributed by atoms with Crippen molar-refractivity contribution >= 4 is 45.4 Å². The van der Waals surface area contributed by atoms with E-state index in [0.29, 0.717) is 16.4 Å². The summed E-state index contributed by atoms with van der Waals surface area (Å²) in [6.07, 6.45) is 1.68. The number of hydrogen-bond donors (Lipinski definition) is 0. The van der Waals surface area contributed by atoms with Crippen LogP contribution < -0.4 is 9.47 Å². The maximum Gasteiger partial charge on any atom is 0.293 e. The van der Waals surface area contributed by atoms with Crippen LogP contribution >= 0.6 is 11.8 Å². The molecule has 1 aliphatic heterocycles. The molecule has 0 spiro atoms. The number of non-ortho nitro benzene ring substituents is 1. The second-order valence-corrected chi connectivity index (χ2v) is 9.43. The van der Waals surface area contributed by atoms with E-state index in [-0.39, 0.29) is 36.6 Å². The molecule has 5 rings (SSSR count). The van der Waals surface area contributed by atoms with Crippen molar-refractivity contribution in [2.75, 3.05) is 13.2 Å². The number of nitro benzene ring substituents is 1. The molecule has 190 valence electrons. The van der Waals surface area contributed by atoms with E-state index in [1.54, 1.807) is 42.5 Å². The summed E-state index contributed by atoms with van der Waals surface area (Å²) < 4.78 is 11.6. The fourth-order valence-electron chi connectivity index (χ4n) is 3.95. The lowest BCUT2D eigenvalue weighted by Crippen LogP contribution is -2.32. The molecule has 0 radical (unpaired) electrons. The Morgan fingerprint density at radius 1 is 0.868 bits per heavy atom. The molecule has 0 unspecified atom stereocenters. The summed E-state index contributed by atoms with van der Waals surface area (Å²) in [6, 6.07) is 26.9. The van der Waals surface area contributed by atoms with E-state index in [2.05, 4.69) is 0 Å². The smallest absolute Gasteiger partial charge is 0.293 e. The number of carbonyl (C=O) groups excluding carboxylic acids is 2. The van der Waals surface area contributed by atoms with Gasteiger partial charge in [0.25, 0.3) is 16.8 Å². The Morgan fingerprint density at radius 3 is 2.37 bits per heavy atom. The number of hydrogen-bond acceptors (Lipinski definition) is 7. The molecule has 1 heterocycles. The summed E-state index contributed by atoms with van der Waals surface area (Å²) in [5.74, 6) is 0.973. The first-order valence-corrected chi connectivity index (χ1v) is 12.6. The van der Waals surface area contributed by atoms with E-state index >= 15 is 0 Å². The molecule has 1 fully saturated rings. The first kappa shape index (κ1) is 25.0. The quantitative estimate of drug-likeness (QED) is 0.141. The van der Waals surface area contributed by atoms with E-state index in [9.17, 15) is 19.7 Å². The average molecular weight is 527 g/mol. The minimum atomic E-state index is -0.446. The first-order chi connectivity index (χ1) is 18.5. The summed E-state index contributed by atoms with van der Waals surface area (Å²) in [7, 11) is 0. The van der Waals surface area contributed by atoms with Crippen molar-refractivity contribution in [3.63, 3.8) is 0 Å². The predicted octanol–water partition coefficient (Wildman–Crippen LogP) is 6.44. The van der Waals surface area contributed by atoms with E-state index < -0.39 is 4.92 Å². The number of carbonyl (C=O) groups is 2. The van der Waals surface area contributed by atoms with Crippen molar-refractivity contribution in [2.24, 2.45) is 0 Å². The highest BCUT2D eigenvalue weighted by molar-refractivity contribution is 8.18. The Bertz CT molecular complexity index is 1530. The van der Waals surface area contributed by atoms with Crippen molar-refractivity contribution in [3.05, 3.63) is 117 Å². The van der Waals surface area contributed by atoms with Crippen LogP contribution in [0.15, 0.2) is 95.9 Å². The van der Waals surface area contributed by atoms with Gasteiger partial charge in [-0.05, 0) is 64.7 Å². The minimum absolute atomic E-state index is 0.0276. The third kappa shape index (κ3) is 5.68. The van der Waals surface area contributed by atoms with Gasteiger partial charge < -0.3 is 9.47 Å². The van der Waals surface area contributed by atoms with Gasteiger partial charge in [0.15, 0.2) is 0 Å². The summed E-state index contributed by atoms with van der Waals surface area (Å²) in [5.41, 5.74) is 1.59. The molecule has 0 atom stereocenters. The fourth-order valence-corrected chi connectivity index (χ4v) is 4.82. The Kier molecular flexibility index (Phi) is 7.37. The summed E-state index contributed by atoms with van der Waals surface area (Å²) >= 11 is 0.904. The molecule has 4 aromatic rings. The van der Waals surface area contributed by atoms with Gasteiger partial charge in [0.1, 0.15) is 24.7 Å². The van der Waals surface area contributed by atoms with E-state index in [4.69, 9.17) is 9.47 Å². The molecular formula is C29H22N2O6S. The van der Waals surface area contributed by atoms with Gasteiger partial charge in [-0.3, -0.25) is 24.6 Å². The van der Waals surface area contributed by atoms with Crippen LogP contribution in [0, 0.1) is 10.1 Å². The van der Waals surface area contributed by atoms with Gasteiger partial charge in [-0.15, -0.1) is 0 Å². The monoisotopic (exact) mass is 526 g/mol. The standard InChI is InChI=1S/C29H22N2O6S/c32-28-27(18-20-10-14-24(15-11-20)37-19-21-8-12-23(13-9-21)31(34)35)38-29(33)30(28)16-17-36-26-7-3-5-22-4-1-2-6-25(22)26/h1-15,18H,16-17,19H2/b27-18-. The van der Waals surface area contributed by atoms with Crippen molar-refractivity contribution in [1.82, 2.24) is 4.90 Å². The second-order valence-electron chi connectivity index (χ2n) is 8.44. The summed E-state index contributed by atoms with van der Waals surface area (Å²) in [5, 5.41) is 12.5. The molecule has 0 aromatic heterocycles. The van der Waals surface area contributed by atoms with Crippen LogP contribution in [0.2, 0.25) is 0 Å². The largest absolute Gasteiger partial charge is 0.491 e. The predicted molar refractivity (Wildman–Crippen MR) is 146 cm³/mol. The van der Waals surface area contributed by atoms with Crippen molar-refractivity contribution in [3.8, 4) is 11.5 Å². The number of ether oxygens (including phenoxy) is 2. The van der Waals surface area contributed by atoms with Crippen LogP contribution in [0.5, 0.6) is 11.5 Å². The van der Waals surface area contributed by atoms with Gasteiger partial charge in [0.2, 0.25) is 0 Å². The number of fused-ring (bicyclic) bond motifs is 1. The van der Waals surface area contributed by atoms with Crippen molar-refractivity contribution in [2.45, 2.75) is 6.61 Å². The van der Waals surface area contributed by atoms with Gasteiger partial charge in [-0.25, -0.2) is 0 Å². The second kappa shape index (κ2) is 11.2. The van der Waals surface area contributed by atoms with Crippen molar-refractivity contribution < 1.29 is 24.0 Å². The molecule has 0 bridgehead atoms. The highest BCUT2D eigenvalue weighted by Crippen LogP contribution is 2.32. The Labute approximate surface area is 222 Å². The SMILES string of the molecule is O=C1S/C(=C\c2ccc(OCc3ccc([N+](=O)[O-])cc3)cc2)C(=O)N1CCOc1cccc2ccccc12. The molecule has 0 N–H and O–H groups in total. The van der Waals surface area contributed by atoms with Crippen LogP contribution in [0.25, 0.3) is 16.8 Å². The average Bonchev–Trinajstić information content (AvgIpc) is 3.20. The molecule has 0 aliphatic carbocycles. The van der Waals surface area contributed by atoms with Gasteiger partial charge in [-0.1, -0.05) is 48.5 Å². The zero-order chi connectivity index (χ0) is 26.5. The number of benzene rings is 4. The lowest BCUT2D eigenvalue weighted by Gasteiger charge is -2.14. The normalized spacial score (nSPS) is 14.3. The lowest BCUT2D eigenvalue weighted by atomic mass is 10.1. The third-order valence-electron chi connectivity index (χ3n) is 5.93. The number of nitrogens with zero attached hydrogens (tertiary/aromatic N) is 2. The molecule has 9 heteroatoms. The molecule has 1 saturated heterocycles. The number of nitro groups is 1. The van der Waals surface area contributed by atoms with Gasteiger partial charge in [0, 0.05) is 17.5 Å². The Hall–Kier alpha value is -4.63. The zero-order valence-corrected chi connectivity index (χ0v) is 20.9. The van der Waals surface area contributed by atoms with Gasteiger partial charge in [0.05, 0.1) is 16.4 Å². The Morgan fingerprint density at radius 2 is 1.61 bits per heavy atom. The van der Waals surface area contributed by atoms with Gasteiger partial charge in [-0.2, -0.15) is 0 Å². The molecule has 4 aromatic carbocycles. The van der Waals surface area contributed by atoms with Gasteiger partial charge >= 0.3 is 0 Å². The first-order valence-electron chi connectivity index (χ1n) is 11.8. The topological polar surface area (TPSA) is 99.0 Å². The summed E-state index contributed by atoms with van der Waals surface area (Å²) in [6.45, 7) is 0.609. The van der Waals surface area contributed by atoms with E-state index in [0.717, 1.165) is 33.7 Å². The van der Waals surface area contributed by atoms with Crippen molar-refractivity contribution in [1.29, 1.82) is 0 Å². The number of thioether (sulfide) groups is 1. The molecule has 1 aliphatic rings. The molecule has 38 heavy (non-hydrogen) atoms. The van der Waals surface area contributed by atoms with Crippen LogP contribution in [-0.2, 0) is 11.4 Å². The zero-order valence-electron chi connectivity index (χ0n) is 20.1. The molecule has 8 nitrogen and oxygen atoms in total. The molecular weight excluding hydrogens is 504 g/mol. The number of imide groups is 1. The van der Waals surface area contributed by atoms with E-state index in [1.807, 2.05) is 42.5 Å². The van der Waals surface area contributed by atoms with Crippen LogP contribution in [-0.4, -0.2) is 34.1 Å². The number of amides is 2. The molecule has 2 amide bonds. The van der Waals surface area contributed by atoms with Crippen LogP contribution in [0.1, 0.15) is 11.1 Å². The van der Waals surface area contributed by atoms with E-state index in [1.165, 1.54) is 17.0 Å². The highest BCUT2D eigenvalue weighted by atomic mass is 32.2. The third-order valence-corrected chi connectivity index (χ3v) is 6.83. The minimum Gasteiger partial charge on any atom is -0.491 e. The lowest BCUT2D eigenvalue weighted by molar-refractivity contribution is -0.384. The Balaban J connectivity index is 1.16. The maximum atomic E-state index is 12.9. The number of rotatable bonds is 9. The maximum absolute atomic E-state index is 12.9. The van der Waals surface area contributed by atoms with Crippen LogP contribution in [0.3, 0.4) is 0 Å². The summed E-state index contributed by atoms with van der Waals surface area (Å²) in [4.78, 5) is 37.2. The molecule has 0 saturated carbocycles. The highest BCUT2D eigenvalue weighted by Gasteiger charge is 2.34. The fraction of sp³-hybridized carbons (Fsp3) is 0.103. The van der Waals surface area contributed by atoms with Crippen LogP contribution in [0.4, 0.5) is 10.5 Å².